The van der Waals surface area contributed by atoms with Crippen LogP contribution in [0.15, 0.2) is 42.5 Å². The number of fused-ring (bicyclic) bond motifs is 1. The van der Waals surface area contributed by atoms with Crippen molar-refractivity contribution in [3.8, 4) is 0 Å². The second-order valence-electron chi connectivity index (χ2n) is 5.08. The minimum atomic E-state index is -0.179. The van der Waals surface area contributed by atoms with Gasteiger partial charge < -0.3 is 5.32 Å². The van der Waals surface area contributed by atoms with Crippen LogP contribution in [0.25, 0.3) is 0 Å². The Morgan fingerprint density at radius 2 is 1.95 bits per heavy atom. The van der Waals surface area contributed by atoms with E-state index in [1.807, 2.05) is 12.1 Å². The van der Waals surface area contributed by atoms with Gasteiger partial charge in [0.25, 0.3) is 0 Å². The summed E-state index contributed by atoms with van der Waals surface area (Å²) in [4.78, 5) is 0. The zero-order valence-electron chi connectivity index (χ0n) is 11.1. The molecule has 98 valence electrons. The van der Waals surface area contributed by atoms with E-state index in [0.717, 1.165) is 24.9 Å². The highest BCUT2D eigenvalue weighted by atomic mass is 19.1. The van der Waals surface area contributed by atoms with Crippen molar-refractivity contribution in [2.24, 2.45) is 0 Å². The monoisotopic (exact) mass is 255 g/mol. The molecule has 0 bridgehead atoms. The van der Waals surface area contributed by atoms with Crippen LogP contribution >= 0.6 is 0 Å². The second kappa shape index (κ2) is 5.14. The van der Waals surface area contributed by atoms with Gasteiger partial charge in [-0.15, -0.1) is 0 Å². The molecule has 2 aromatic carbocycles. The van der Waals surface area contributed by atoms with Crippen LogP contribution < -0.4 is 5.32 Å². The summed E-state index contributed by atoms with van der Waals surface area (Å²) in [5.74, 6) is -0.179. The summed E-state index contributed by atoms with van der Waals surface area (Å²) in [5, 5.41) is 3.54. The van der Waals surface area contributed by atoms with Crippen LogP contribution in [0.4, 0.5) is 4.39 Å². The van der Waals surface area contributed by atoms with Crippen molar-refractivity contribution in [3.63, 3.8) is 0 Å². The first kappa shape index (κ1) is 12.4. The van der Waals surface area contributed by atoms with Crippen molar-refractivity contribution >= 4 is 0 Å². The van der Waals surface area contributed by atoms with E-state index in [2.05, 4.69) is 30.4 Å². The summed E-state index contributed by atoms with van der Waals surface area (Å²) in [7, 11) is 0. The maximum Gasteiger partial charge on any atom is 0.123 e. The van der Waals surface area contributed by atoms with Gasteiger partial charge in [-0.3, -0.25) is 0 Å². The lowest BCUT2D eigenvalue weighted by Crippen LogP contribution is -2.30. The fraction of sp³-hybridized carbons (Fsp3) is 0.294. The first-order valence-corrected chi connectivity index (χ1v) is 6.88. The minimum Gasteiger partial charge on any atom is -0.306 e. The van der Waals surface area contributed by atoms with Gasteiger partial charge in [-0.1, -0.05) is 37.3 Å². The normalized spacial score (nSPS) is 18.1. The van der Waals surface area contributed by atoms with Crippen LogP contribution in [0.3, 0.4) is 0 Å². The smallest absolute Gasteiger partial charge is 0.123 e. The van der Waals surface area contributed by atoms with E-state index in [-0.39, 0.29) is 11.9 Å². The fourth-order valence-corrected chi connectivity index (χ4v) is 2.77. The summed E-state index contributed by atoms with van der Waals surface area (Å²) in [6, 6.07) is 13.8. The quantitative estimate of drug-likeness (QED) is 0.864. The average Bonchev–Trinajstić information content (AvgIpc) is 2.47. The van der Waals surface area contributed by atoms with E-state index in [0.29, 0.717) is 0 Å². The highest BCUT2D eigenvalue weighted by molar-refractivity contribution is 5.42. The van der Waals surface area contributed by atoms with Crippen molar-refractivity contribution in [3.05, 3.63) is 70.5 Å². The van der Waals surface area contributed by atoms with Crippen LogP contribution in [-0.4, -0.2) is 6.54 Å². The highest BCUT2D eigenvalue weighted by Gasteiger charge is 2.21. The molecule has 0 radical (unpaired) electrons. The Kier molecular flexibility index (Phi) is 3.34. The Hall–Kier alpha value is -1.67. The van der Waals surface area contributed by atoms with E-state index < -0.39 is 0 Å². The molecule has 0 saturated heterocycles. The molecule has 0 aromatic heterocycles. The zero-order chi connectivity index (χ0) is 13.2. The molecule has 2 aromatic rings. The lowest BCUT2D eigenvalue weighted by molar-refractivity contribution is 0.564. The molecule has 19 heavy (non-hydrogen) atoms. The molecule has 0 spiro atoms. The van der Waals surface area contributed by atoms with Crippen LogP contribution in [0.1, 0.15) is 35.2 Å². The SMILES string of the molecule is CCc1ccc2c(c1)C(c1ccc(F)cc1)NCC2. The first-order valence-electron chi connectivity index (χ1n) is 6.88. The van der Waals surface area contributed by atoms with Crippen molar-refractivity contribution in [2.75, 3.05) is 6.54 Å². The van der Waals surface area contributed by atoms with E-state index in [4.69, 9.17) is 0 Å². The van der Waals surface area contributed by atoms with E-state index >= 15 is 0 Å². The first-order chi connectivity index (χ1) is 9.28. The van der Waals surface area contributed by atoms with E-state index in [1.54, 1.807) is 0 Å². The van der Waals surface area contributed by atoms with Gasteiger partial charge in [0.15, 0.2) is 0 Å². The predicted octanol–water partition coefficient (Wildman–Crippen LogP) is 3.62. The van der Waals surface area contributed by atoms with Gasteiger partial charge in [0.1, 0.15) is 5.82 Å². The van der Waals surface area contributed by atoms with Crippen LogP contribution in [0, 0.1) is 5.82 Å². The third kappa shape index (κ3) is 2.41. The summed E-state index contributed by atoms with van der Waals surface area (Å²) in [5.41, 5.74) is 5.24. The number of hydrogen-bond donors (Lipinski definition) is 1. The molecule has 0 fully saturated rings. The van der Waals surface area contributed by atoms with Gasteiger partial charge in [-0.25, -0.2) is 4.39 Å². The minimum absolute atomic E-state index is 0.179. The Labute approximate surface area is 113 Å². The number of rotatable bonds is 2. The molecular weight excluding hydrogens is 237 g/mol. The molecule has 1 N–H and O–H groups in total. The topological polar surface area (TPSA) is 12.0 Å². The van der Waals surface area contributed by atoms with Gasteiger partial charge >= 0.3 is 0 Å². The third-order valence-electron chi connectivity index (χ3n) is 3.88. The molecule has 1 aliphatic heterocycles. The largest absolute Gasteiger partial charge is 0.306 e. The maximum absolute atomic E-state index is 13.0. The zero-order valence-corrected chi connectivity index (χ0v) is 11.1. The summed E-state index contributed by atoms with van der Waals surface area (Å²) >= 11 is 0. The van der Waals surface area contributed by atoms with Crippen molar-refractivity contribution in [2.45, 2.75) is 25.8 Å². The maximum atomic E-state index is 13.0. The van der Waals surface area contributed by atoms with Gasteiger partial charge in [-0.05, 0) is 47.2 Å². The molecule has 0 saturated carbocycles. The molecule has 1 nitrogen and oxygen atoms in total. The fourth-order valence-electron chi connectivity index (χ4n) is 2.77. The van der Waals surface area contributed by atoms with Crippen LogP contribution in [-0.2, 0) is 12.8 Å². The van der Waals surface area contributed by atoms with Gasteiger partial charge in [0, 0.05) is 6.54 Å². The number of nitrogens with one attached hydrogen (secondary N) is 1. The Balaban J connectivity index is 2.03. The van der Waals surface area contributed by atoms with Crippen molar-refractivity contribution in [1.29, 1.82) is 0 Å². The van der Waals surface area contributed by atoms with Gasteiger partial charge in [-0.2, -0.15) is 0 Å². The van der Waals surface area contributed by atoms with Crippen LogP contribution in [0.5, 0.6) is 0 Å². The van der Waals surface area contributed by atoms with E-state index in [9.17, 15) is 4.39 Å². The van der Waals surface area contributed by atoms with E-state index in [1.165, 1.54) is 28.8 Å². The lowest BCUT2D eigenvalue weighted by atomic mass is 9.88. The second-order valence-corrected chi connectivity index (χ2v) is 5.08. The Morgan fingerprint density at radius 1 is 1.16 bits per heavy atom. The predicted molar refractivity (Wildman–Crippen MR) is 75.8 cm³/mol. The Bertz CT molecular complexity index is 574. The number of hydrogen-bond acceptors (Lipinski definition) is 1. The van der Waals surface area contributed by atoms with Gasteiger partial charge in [0.05, 0.1) is 6.04 Å². The lowest BCUT2D eigenvalue weighted by Gasteiger charge is -2.28. The molecule has 0 amide bonds. The number of aryl methyl sites for hydroxylation is 1. The molecule has 2 heteroatoms. The molecule has 3 rings (SSSR count). The van der Waals surface area contributed by atoms with Gasteiger partial charge in [0.2, 0.25) is 0 Å². The standard InChI is InChI=1S/C17H18FN/c1-2-12-3-4-13-9-10-19-17(16(13)11-12)14-5-7-15(18)8-6-14/h3-8,11,17,19H,2,9-10H2,1H3. The third-order valence-corrected chi connectivity index (χ3v) is 3.88. The Morgan fingerprint density at radius 3 is 2.68 bits per heavy atom. The number of halogens is 1. The van der Waals surface area contributed by atoms with Crippen molar-refractivity contribution < 1.29 is 4.39 Å². The highest BCUT2D eigenvalue weighted by Crippen LogP contribution is 2.29. The van der Waals surface area contributed by atoms with Crippen molar-refractivity contribution in [1.82, 2.24) is 5.32 Å². The molecule has 1 aliphatic rings. The summed E-state index contributed by atoms with van der Waals surface area (Å²) in [6.07, 6.45) is 2.11. The molecule has 1 atom stereocenters. The summed E-state index contributed by atoms with van der Waals surface area (Å²) < 4.78 is 13.0. The van der Waals surface area contributed by atoms with Crippen LogP contribution in [0.2, 0.25) is 0 Å². The number of benzene rings is 2. The molecular formula is C17H18FN. The summed E-state index contributed by atoms with van der Waals surface area (Å²) in [6.45, 7) is 3.14. The molecule has 1 unspecified atom stereocenters. The molecule has 1 heterocycles. The molecule has 0 aliphatic carbocycles. The average molecular weight is 255 g/mol.